The Morgan fingerprint density at radius 2 is 2.24 bits per heavy atom. The van der Waals surface area contributed by atoms with Crippen LogP contribution < -0.4 is 5.32 Å². The molecule has 0 saturated carbocycles. The summed E-state index contributed by atoms with van der Waals surface area (Å²) in [4.78, 5) is 35.6. The Balaban J connectivity index is 2.06. The molecule has 2 fully saturated rings. The van der Waals surface area contributed by atoms with E-state index in [9.17, 15) is 14.4 Å². The van der Waals surface area contributed by atoms with Crippen molar-refractivity contribution in [1.82, 2.24) is 10.2 Å². The van der Waals surface area contributed by atoms with Gasteiger partial charge in [0.15, 0.2) is 0 Å². The molecular formula is C10H14N2O4S. The molecular weight excluding hydrogens is 244 g/mol. The third-order valence-corrected chi connectivity index (χ3v) is 4.05. The highest BCUT2D eigenvalue weighted by molar-refractivity contribution is 7.99. The van der Waals surface area contributed by atoms with Gasteiger partial charge in [-0.15, -0.1) is 0 Å². The van der Waals surface area contributed by atoms with E-state index in [0.29, 0.717) is 18.8 Å². The number of carbonyl (C=O) groups excluding carboxylic acids is 2. The molecule has 2 atom stereocenters. The van der Waals surface area contributed by atoms with E-state index >= 15 is 0 Å². The van der Waals surface area contributed by atoms with Crippen LogP contribution in [0.1, 0.15) is 6.42 Å². The molecule has 2 aliphatic rings. The summed E-state index contributed by atoms with van der Waals surface area (Å²) in [6.45, 7) is 0.777. The maximum absolute atomic E-state index is 12.1. The van der Waals surface area contributed by atoms with Crippen LogP contribution in [0.4, 0.5) is 0 Å². The van der Waals surface area contributed by atoms with Crippen LogP contribution in [0.3, 0.4) is 0 Å². The van der Waals surface area contributed by atoms with Crippen LogP contribution in [0, 0.1) is 5.92 Å². The molecule has 0 bridgehead atoms. The predicted octanol–water partition coefficient (Wildman–Crippen LogP) is -0.849. The van der Waals surface area contributed by atoms with Crippen LogP contribution in [0.2, 0.25) is 0 Å². The third kappa shape index (κ3) is 2.54. The zero-order chi connectivity index (χ0) is 12.4. The molecule has 94 valence electrons. The summed E-state index contributed by atoms with van der Waals surface area (Å²) in [6, 6.07) is -0.753. The van der Waals surface area contributed by atoms with Crippen molar-refractivity contribution in [2.75, 3.05) is 24.6 Å². The van der Waals surface area contributed by atoms with E-state index in [1.807, 2.05) is 0 Å². The highest BCUT2D eigenvalue weighted by Gasteiger charge is 2.38. The molecule has 17 heavy (non-hydrogen) atoms. The Hall–Kier alpha value is -1.24. The van der Waals surface area contributed by atoms with Crippen molar-refractivity contribution in [3.63, 3.8) is 0 Å². The lowest BCUT2D eigenvalue weighted by Crippen LogP contribution is -2.52. The van der Waals surface area contributed by atoms with Gasteiger partial charge in [0.05, 0.1) is 5.92 Å². The number of carboxylic acids is 1. The van der Waals surface area contributed by atoms with Crippen LogP contribution in [-0.2, 0) is 14.4 Å². The first kappa shape index (κ1) is 12.2. The Labute approximate surface area is 103 Å². The molecule has 7 heteroatoms. The van der Waals surface area contributed by atoms with Gasteiger partial charge in [0.2, 0.25) is 11.8 Å². The van der Waals surface area contributed by atoms with E-state index in [0.717, 1.165) is 5.75 Å². The number of amides is 2. The number of nitrogens with one attached hydrogen (secondary N) is 1. The van der Waals surface area contributed by atoms with Gasteiger partial charge in [-0.2, -0.15) is 11.8 Å². The Morgan fingerprint density at radius 1 is 1.47 bits per heavy atom. The fourth-order valence-corrected chi connectivity index (χ4v) is 3.12. The number of nitrogens with zero attached hydrogens (tertiary/aromatic N) is 1. The van der Waals surface area contributed by atoms with E-state index in [4.69, 9.17) is 5.11 Å². The topological polar surface area (TPSA) is 86.7 Å². The maximum Gasteiger partial charge on any atom is 0.327 e. The minimum absolute atomic E-state index is 0.137. The number of hydrogen-bond acceptors (Lipinski definition) is 4. The molecule has 0 spiro atoms. The van der Waals surface area contributed by atoms with Crippen LogP contribution in [0.5, 0.6) is 0 Å². The van der Waals surface area contributed by atoms with Crippen molar-refractivity contribution in [3.8, 4) is 0 Å². The second-order valence-electron chi connectivity index (χ2n) is 4.17. The molecule has 2 unspecified atom stereocenters. The van der Waals surface area contributed by atoms with Crippen molar-refractivity contribution in [1.29, 1.82) is 0 Å². The predicted molar refractivity (Wildman–Crippen MR) is 61.6 cm³/mol. The molecule has 2 N–H and O–H groups in total. The molecule has 2 rings (SSSR count). The summed E-state index contributed by atoms with van der Waals surface area (Å²) < 4.78 is 0. The summed E-state index contributed by atoms with van der Waals surface area (Å²) in [7, 11) is 0. The van der Waals surface area contributed by atoms with Gasteiger partial charge in [0.25, 0.3) is 0 Å². The standard InChI is InChI=1S/C10H14N2O4S/c13-8-3-6(4-11-8)9(14)12-1-2-17-5-7(12)10(15)16/h6-7H,1-5H2,(H,11,13)(H,15,16). The van der Waals surface area contributed by atoms with E-state index in [-0.39, 0.29) is 18.2 Å². The number of thioether (sulfide) groups is 1. The minimum Gasteiger partial charge on any atom is -0.480 e. The van der Waals surface area contributed by atoms with E-state index < -0.39 is 17.9 Å². The van der Waals surface area contributed by atoms with Gasteiger partial charge < -0.3 is 15.3 Å². The summed E-state index contributed by atoms with van der Waals surface area (Å²) in [5, 5.41) is 11.7. The van der Waals surface area contributed by atoms with E-state index in [1.54, 1.807) is 0 Å². The summed E-state index contributed by atoms with van der Waals surface area (Å²) in [6.07, 6.45) is 0.175. The van der Waals surface area contributed by atoms with Crippen molar-refractivity contribution in [2.45, 2.75) is 12.5 Å². The van der Waals surface area contributed by atoms with Gasteiger partial charge in [-0.1, -0.05) is 0 Å². The zero-order valence-corrected chi connectivity index (χ0v) is 10.0. The van der Waals surface area contributed by atoms with Gasteiger partial charge in [-0.3, -0.25) is 9.59 Å². The lowest BCUT2D eigenvalue weighted by atomic mass is 10.1. The number of hydrogen-bond donors (Lipinski definition) is 2. The second kappa shape index (κ2) is 4.95. The molecule has 2 heterocycles. The first-order valence-electron chi connectivity index (χ1n) is 5.47. The number of rotatable bonds is 2. The fourth-order valence-electron chi connectivity index (χ4n) is 2.09. The Bertz CT molecular complexity index is 360. The smallest absolute Gasteiger partial charge is 0.327 e. The summed E-state index contributed by atoms with van der Waals surface area (Å²) in [5.74, 6) is -0.536. The lowest BCUT2D eigenvalue weighted by Gasteiger charge is -2.34. The van der Waals surface area contributed by atoms with Crippen molar-refractivity contribution in [3.05, 3.63) is 0 Å². The summed E-state index contributed by atoms with van der Waals surface area (Å²) in [5.41, 5.74) is 0. The van der Waals surface area contributed by atoms with Gasteiger partial charge in [-0.05, 0) is 0 Å². The quantitative estimate of drug-likeness (QED) is 0.674. The molecule has 0 radical (unpaired) electrons. The fraction of sp³-hybridized carbons (Fsp3) is 0.700. The van der Waals surface area contributed by atoms with Crippen LogP contribution in [0.15, 0.2) is 0 Å². The SMILES string of the molecule is O=C1CC(C(=O)N2CCSCC2C(=O)O)CN1. The maximum atomic E-state index is 12.1. The average Bonchev–Trinajstić information content (AvgIpc) is 2.75. The largest absolute Gasteiger partial charge is 0.480 e. The lowest BCUT2D eigenvalue weighted by molar-refractivity contribution is -0.150. The molecule has 0 aliphatic carbocycles. The molecule has 0 aromatic rings. The van der Waals surface area contributed by atoms with Gasteiger partial charge in [-0.25, -0.2) is 4.79 Å². The second-order valence-corrected chi connectivity index (χ2v) is 5.32. The molecule has 0 aromatic heterocycles. The highest BCUT2D eigenvalue weighted by Crippen LogP contribution is 2.21. The summed E-state index contributed by atoms with van der Waals surface area (Å²) >= 11 is 1.54. The van der Waals surface area contributed by atoms with Crippen molar-refractivity contribution >= 4 is 29.5 Å². The van der Waals surface area contributed by atoms with E-state index in [1.165, 1.54) is 16.7 Å². The van der Waals surface area contributed by atoms with Crippen molar-refractivity contribution < 1.29 is 19.5 Å². The molecule has 2 aliphatic heterocycles. The van der Waals surface area contributed by atoms with Gasteiger partial charge >= 0.3 is 5.97 Å². The highest BCUT2D eigenvalue weighted by atomic mass is 32.2. The monoisotopic (exact) mass is 258 g/mol. The molecule has 0 aromatic carbocycles. The first-order valence-corrected chi connectivity index (χ1v) is 6.63. The molecule has 2 amide bonds. The zero-order valence-electron chi connectivity index (χ0n) is 9.22. The Kier molecular flexibility index (Phi) is 3.56. The van der Waals surface area contributed by atoms with Crippen LogP contribution in [-0.4, -0.2) is 58.4 Å². The Morgan fingerprint density at radius 3 is 2.82 bits per heavy atom. The van der Waals surface area contributed by atoms with Crippen LogP contribution >= 0.6 is 11.8 Å². The molecule has 6 nitrogen and oxygen atoms in total. The number of carbonyl (C=O) groups is 3. The first-order chi connectivity index (χ1) is 8.09. The number of aliphatic carboxylic acids is 1. The third-order valence-electron chi connectivity index (χ3n) is 3.02. The minimum atomic E-state index is -0.970. The van der Waals surface area contributed by atoms with Crippen molar-refractivity contribution in [2.24, 2.45) is 5.92 Å². The average molecular weight is 258 g/mol. The van der Waals surface area contributed by atoms with Crippen LogP contribution in [0.25, 0.3) is 0 Å². The normalized spacial score (nSPS) is 28.9. The van der Waals surface area contributed by atoms with E-state index in [2.05, 4.69) is 5.32 Å². The number of carboxylic acid groups (broad SMARTS) is 1. The van der Waals surface area contributed by atoms with Gasteiger partial charge in [0, 0.05) is 31.0 Å². The molecule has 2 saturated heterocycles. The van der Waals surface area contributed by atoms with Gasteiger partial charge in [0.1, 0.15) is 6.04 Å².